The van der Waals surface area contributed by atoms with E-state index in [9.17, 15) is 18.0 Å². The Kier molecular flexibility index (Phi) is 7.11. The molecule has 0 spiro atoms. The number of likely N-dealkylation sites (N-methyl/N-ethyl adjacent to an activating group) is 1. The van der Waals surface area contributed by atoms with Crippen LogP contribution in [-0.4, -0.2) is 69.0 Å². The molecule has 192 valence electrons. The number of hydrogen-bond acceptors (Lipinski definition) is 8. The molecule has 4 N–H and O–H groups in total. The van der Waals surface area contributed by atoms with E-state index in [1.165, 1.54) is 12.4 Å². The Labute approximate surface area is 206 Å². The van der Waals surface area contributed by atoms with Crippen LogP contribution >= 0.6 is 0 Å². The summed E-state index contributed by atoms with van der Waals surface area (Å²) in [6.07, 6.45) is 1.12. The summed E-state index contributed by atoms with van der Waals surface area (Å²) in [6.45, 7) is 2.53. The first-order valence-corrected chi connectivity index (χ1v) is 11.4. The van der Waals surface area contributed by atoms with Gasteiger partial charge in [0.05, 0.1) is 5.69 Å². The predicted octanol–water partition coefficient (Wildman–Crippen LogP) is 2.38. The second-order valence-electron chi connectivity index (χ2n) is 8.99. The third kappa shape index (κ3) is 5.40. The lowest BCUT2D eigenvalue weighted by Crippen LogP contribution is -2.36. The van der Waals surface area contributed by atoms with E-state index in [0.29, 0.717) is 49.6 Å². The van der Waals surface area contributed by atoms with Crippen molar-refractivity contribution < 1.29 is 18.0 Å². The lowest BCUT2D eigenvalue weighted by molar-refractivity contribution is -0.141. The van der Waals surface area contributed by atoms with Crippen molar-refractivity contribution in [2.24, 2.45) is 5.73 Å². The molecule has 0 aromatic carbocycles. The van der Waals surface area contributed by atoms with Gasteiger partial charge in [-0.15, -0.1) is 0 Å². The number of carbonyl (C=O) groups excluding carboxylic acids is 1. The number of aromatic nitrogens is 5. The van der Waals surface area contributed by atoms with Gasteiger partial charge in [-0.3, -0.25) is 9.78 Å². The van der Waals surface area contributed by atoms with Crippen molar-refractivity contribution in [1.29, 1.82) is 0 Å². The topological polar surface area (TPSA) is 132 Å². The van der Waals surface area contributed by atoms with Crippen molar-refractivity contribution in [3.8, 4) is 11.3 Å². The number of nitrogens with zero attached hydrogens (tertiary/aromatic N) is 7. The van der Waals surface area contributed by atoms with Gasteiger partial charge in [0.15, 0.2) is 0 Å². The molecule has 0 unspecified atom stereocenters. The summed E-state index contributed by atoms with van der Waals surface area (Å²) in [5, 5.41) is 0. The molecule has 4 rings (SSSR count). The van der Waals surface area contributed by atoms with Crippen LogP contribution in [0.25, 0.3) is 11.3 Å². The van der Waals surface area contributed by atoms with Crippen LogP contribution in [0.15, 0.2) is 30.9 Å². The molecule has 4 heterocycles. The van der Waals surface area contributed by atoms with Gasteiger partial charge in [0.2, 0.25) is 0 Å². The van der Waals surface area contributed by atoms with Gasteiger partial charge >= 0.3 is 6.18 Å². The number of alkyl halides is 3. The lowest BCUT2D eigenvalue weighted by Gasteiger charge is -2.33. The molecule has 1 amide bonds. The Morgan fingerprint density at radius 2 is 1.92 bits per heavy atom. The number of hydrogen-bond donors (Lipinski definition) is 2. The van der Waals surface area contributed by atoms with Crippen molar-refractivity contribution in [1.82, 2.24) is 29.4 Å². The zero-order valence-corrected chi connectivity index (χ0v) is 20.0. The average Bonchev–Trinajstić information content (AvgIpc) is 3.26. The maximum Gasteiger partial charge on any atom is 0.433 e. The molecule has 1 fully saturated rings. The van der Waals surface area contributed by atoms with Crippen molar-refractivity contribution in [3.05, 3.63) is 47.9 Å². The quantitative estimate of drug-likeness (QED) is 0.502. The number of rotatable bonds is 7. The summed E-state index contributed by atoms with van der Waals surface area (Å²) in [4.78, 5) is 32.2. The van der Waals surface area contributed by atoms with Gasteiger partial charge in [-0.2, -0.15) is 13.2 Å². The van der Waals surface area contributed by atoms with Crippen LogP contribution < -0.4 is 16.4 Å². The number of piperidine rings is 1. The third-order valence-electron chi connectivity index (χ3n) is 6.20. The molecule has 0 aliphatic carbocycles. The number of pyridine rings is 1. The smallest absolute Gasteiger partial charge is 0.383 e. The molecule has 1 aliphatic rings. The Morgan fingerprint density at radius 1 is 1.19 bits per heavy atom. The van der Waals surface area contributed by atoms with Gasteiger partial charge in [0.25, 0.3) is 5.91 Å². The number of nitrogens with two attached hydrogens (primary N) is 2. The number of carbonyl (C=O) groups is 1. The van der Waals surface area contributed by atoms with Crippen molar-refractivity contribution in [2.75, 3.05) is 44.4 Å². The number of anilines is 2. The Morgan fingerprint density at radius 3 is 2.56 bits per heavy atom. The van der Waals surface area contributed by atoms with Crippen LogP contribution in [0.2, 0.25) is 0 Å². The van der Waals surface area contributed by atoms with Crippen LogP contribution in [0.3, 0.4) is 0 Å². The van der Waals surface area contributed by atoms with Crippen molar-refractivity contribution >= 4 is 17.5 Å². The molecule has 13 heteroatoms. The highest BCUT2D eigenvalue weighted by Gasteiger charge is 2.33. The van der Waals surface area contributed by atoms with Gasteiger partial charge in [0, 0.05) is 50.1 Å². The molecule has 0 radical (unpaired) electrons. The number of imidazole rings is 1. The molecule has 1 aliphatic heterocycles. The predicted molar refractivity (Wildman–Crippen MR) is 128 cm³/mol. The van der Waals surface area contributed by atoms with Gasteiger partial charge in [-0.25, -0.2) is 15.0 Å². The maximum atomic E-state index is 13.2. The summed E-state index contributed by atoms with van der Waals surface area (Å²) < 4.78 is 41.6. The number of primary amides is 1. The van der Waals surface area contributed by atoms with E-state index in [2.05, 4.69) is 15.0 Å². The normalized spacial score (nSPS) is 15.0. The maximum absolute atomic E-state index is 13.2. The van der Waals surface area contributed by atoms with E-state index in [0.717, 1.165) is 24.6 Å². The summed E-state index contributed by atoms with van der Waals surface area (Å²) in [6, 6.07) is 2.56. The molecule has 1 saturated heterocycles. The van der Waals surface area contributed by atoms with Crippen LogP contribution in [-0.2, 0) is 12.7 Å². The monoisotopic (exact) mass is 503 g/mol. The number of amides is 1. The molecule has 36 heavy (non-hydrogen) atoms. The molecule has 10 nitrogen and oxygen atoms in total. The summed E-state index contributed by atoms with van der Waals surface area (Å²) in [7, 11) is 3.91. The molecule has 0 saturated carbocycles. The van der Waals surface area contributed by atoms with Crippen molar-refractivity contribution in [2.45, 2.75) is 31.5 Å². The van der Waals surface area contributed by atoms with Gasteiger partial charge < -0.3 is 25.8 Å². The van der Waals surface area contributed by atoms with E-state index in [4.69, 9.17) is 16.5 Å². The number of halogens is 3. The fourth-order valence-electron chi connectivity index (χ4n) is 4.34. The fraction of sp³-hybridized carbons (Fsp3) is 0.435. The first kappa shape index (κ1) is 25.4. The van der Waals surface area contributed by atoms with E-state index in [1.807, 2.05) is 28.5 Å². The van der Waals surface area contributed by atoms with Gasteiger partial charge in [0.1, 0.15) is 35.0 Å². The fourth-order valence-corrected chi connectivity index (χ4v) is 4.34. The molecule has 0 bridgehead atoms. The lowest BCUT2D eigenvalue weighted by atomic mass is 9.95. The Bertz CT molecular complexity index is 1230. The minimum absolute atomic E-state index is 0.0362. The minimum atomic E-state index is -4.53. The molecule has 0 atom stereocenters. The molecular formula is C23H28F3N9O. The van der Waals surface area contributed by atoms with Gasteiger partial charge in [-0.1, -0.05) is 0 Å². The largest absolute Gasteiger partial charge is 0.433 e. The zero-order valence-electron chi connectivity index (χ0n) is 20.0. The summed E-state index contributed by atoms with van der Waals surface area (Å²) >= 11 is 0. The summed E-state index contributed by atoms with van der Waals surface area (Å²) in [5.74, 6) is 0.631. The van der Waals surface area contributed by atoms with E-state index < -0.39 is 17.8 Å². The second-order valence-corrected chi connectivity index (χ2v) is 8.99. The minimum Gasteiger partial charge on any atom is -0.383 e. The van der Waals surface area contributed by atoms with Crippen molar-refractivity contribution in [3.63, 3.8) is 0 Å². The van der Waals surface area contributed by atoms with Crippen LogP contribution in [0.4, 0.5) is 24.8 Å². The number of nitrogen functional groups attached to an aromatic ring is 1. The van der Waals surface area contributed by atoms with Crippen LogP contribution in [0.5, 0.6) is 0 Å². The average molecular weight is 504 g/mol. The van der Waals surface area contributed by atoms with E-state index in [-0.39, 0.29) is 17.3 Å². The highest BCUT2D eigenvalue weighted by Crippen LogP contribution is 2.34. The van der Waals surface area contributed by atoms with E-state index in [1.54, 1.807) is 6.20 Å². The first-order chi connectivity index (χ1) is 17.0. The Hall–Kier alpha value is -3.74. The van der Waals surface area contributed by atoms with Crippen LogP contribution in [0.1, 0.15) is 40.6 Å². The van der Waals surface area contributed by atoms with E-state index >= 15 is 0 Å². The molecule has 3 aromatic rings. The van der Waals surface area contributed by atoms with Gasteiger partial charge in [-0.05, 0) is 39.1 Å². The first-order valence-electron chi connectivity index (χ1n) is 11.4. The zero-order chi connectivity index (χ0) is 26.0. The third-order valence-corrected chi connectivity index (χ3v) is 6.20. The SMILES string of the molecule is CN(C)CCn1cc(-c2ccnc(C(F)(F)F)c2)nc1C1CCN(c2ncnc(N)c2C(N)=O)CC1. The standard InChI is InChI=1S/C23H28F3N9O/c1-33(2)9-10-35-12-16(15-3-6-29-17(11-15)23(24,25)26)32-21(35)14-4-7-34(8-5-14)22-18(20(28)36)19(27)30-13-31-22/h3,6,11-14H,4-5,7-10H2,1-2H3,(H2,28,36)(H2,27,30,31). The second kappa shape index (κ2) is 10.1. The highest BCUT2D eigenvalue weighted by atomic mass is 19.4. The van der Waals surface area contributed by atoms with Crippen LogP contribution in [0, 0.1) is 0 Å². The molecule has 3 aromatic heterocycles. The molecular weight excluding hydrogens is 475 g/mol. The highest BCUT2D eigenvalue weighted by molar-refractivity contribution is 6.01. The Balaban J connectivity index is 1.60. The summed E-state index contributed by atoms with van der Waals surface area (Å²) in [5.41, 5.74) is 11.3.